The van der Waals surface area contributed by atoms with Gasteiger partial charge in [0.25, 0.3) is 0 Å². The molecule has 0 atom stereocenters. The van der Waals surface area contributed by atoms with Crippen LogP contribution in [0.1, 0.15) is 55.5 Å². The van der Waals surface area contributed by atoms with Crippen molar-refractivity contribution in [1.82, 2.24) is 9.89 Å². The number of aromatic nitrogens is 2. The van der Waals surface area contributed by atoms with Crippen molar-refractivity contribution in [3.05, 3.63) is 27.1 Å². The molecule has 0 spiro atoms. The van der Waals surface area contributed by atoms with Gasteiger partial charge in [-0.2, -0.15) is 0 Å². The third-order valence-corrected chi connectivity index (χ3v) is 5.99. The molecule has 5 rings (SSSR count). The van der Waals surface area contributed by atoms with E-state index in [0.717, 1.165) is 33.9 Å². The Hall–Kier alpha value is -1.39. The average molecular weight is 275 g/mol. The Bertz CT molecular complexity index is 555. The monoisotopic (exact) mass is 275 g/mol. The highest BCUT2D eigenvalue weighted by Crippen LogP contribution is 2.61. The normalized spacial score (nSPS) is 38.4. The van der Waals surface area contributed by atoms with Crippen LogP contribution in [-0.4, -0.2) is 14.9 Å². The van der Waals surface area contributed by atoms with E-state index in [1.807, 2.05) is 13.8 Å². The fourth-order valence-corrected chi connectivity index (χ4v) is 5.97. The van der Waals surface area contributed by atoms with Crippen molar-refractivity contribution in [2.75, 3.05) is 0 Å². The summed E-state index contributed by atoms with van der Waals surface area (Å²) in [6.45, 7) is 3.82. The summed E-state index contributed by atoms with van der Waals surface area (Å²) in [6.07, 6.45) is 7.85. The molecule has 108 valence electrons. The van der Waals surface area contributed by atoms with Crippen molar-refractivity contribution in [2.45, 2.75) is 57.8 Å². The van der Waals surface area contributed by atoms with E-state index in [-0.39, 0.29) is 5.41 Å². The zero-order valence-electron chi connectivity index (χ0n) is 12.1. The molecule has 0 unspecified atom stereocenters. The molecule has 1 heterocycles. The minimum absolute atomic E-state index is 0.192. The van der Waals surface area contributed by atoms with E-state index in [0.29, 0.717) is 0 Å². The lowest BCUT2D eigenvalue weighted by atomic mass is 9.48. The van der Waals surface area contributed by atoms with Gasteiger partial charge in [-0.15, -0.1) is 0 Å². The van der Waals surface area contributed by atoms with Crippen LogP contribution in [-0.2, 0) is 5.41 Å². The van der Waals surface area contributed by atoms with E-state index in [9.17, 15) is 10.1 Å². The maximum absolute atomic E-state index is 11.1. The first-order valence-electron chi connectivity index (χ1n) is 7.70. The van der Waals surface area contributed by atoms with Crippen molar-refractivity contribution in [3.8, 4) is 0 Å². The van der Waals surface area contributed by atoms with Gasteiger partial charge in [-0.05, 0) is 63.2 Å². The Labute approximate surface area is 118 Å². The summed E-state index contributed by atoms with van der Waals surface area (Å²) in [5, 5.41) is 14.9. The van der Waals surface area contributed by atoms with Gasteiger partial charge in [0.1, 0.15) is 5.69 Å². The number of aryl methyl sites for hydroxylation is 1. The average Bonchev–Trinajstić information content (AvgIpc) is 2.63. The molecule has 0 aliphatic heterocycles. The largest absolute Gasteiger partial charge is 0.339 e. The number of hydrogen-bond donors (Lipinski definition) is 0. The maximum atomic E-state index is 11.1. The van der Waals surface area contributed by atoms with Crippen LogP contribution in [0.15, 0.2) is 0 Å². The van der Waals surface area contributed by atoms with E-state index in [1.54, 1.807) is 0 Å². The molecule has 1 aromatic rings. The first kappa shape index (κ1) is 12.4. The predicted molar refractivity (Wildman–Crippen MR) is 73.9 cm³/mol. The van der Waals surface area contributed by atoms with Crippen LogP contribution in [0.5, 0.6) is 0 Å². The lowest BCUT2D eigenvalue weighted by molar-refractivity contribution is -0.554. The van der Waals surface area contributed by atoms with Crippen LogP contribution >= 0.6 is 0 Å². The van der Waals surface area contributed by atoms with Crippen molar-refractivity contribution < 1.29 is 5.03 Å². The molecule has 4 bridgehead atoms. The molecule has 0 aromatic carbocycles. The van der Waals surface area contributed by atoms with Crippen molar-refractivity contribution in [2.24, 2.45) is 17.8 Å². The molecule has 0 amide bonds. The molecule has 4 fully saturated rings. The van der Waals surface area contributed by atoms with E-state index < -0.39 is 5.03 Å². The van der Waals surface area contributed by atoms with E-state index >= 15 is 0 Å². The first-order chi connectivity index (χ1) is 9.48. The molecule has 1 aromatic heterocycles. The van der Waals surface area contributed by atoms with Gasteiger partial charge in [0.05, 0.1) is 5.03 Å². The Morgan fingerprint density at radius 3 is 2.05 bits per heavy atom. The predicted octanol–water partition coefficient (Wildman–Crippen LogP) is 3.01. The van der Waals surface area contributed by atoms with E-state index in [4.69, 9.17) is 0 Å². The second-order valence-corrected chi connectivity index (χ2v) is 7.37. The van der Waals surface area contributed by atoms with Crippen LogP contribution < -0.4 is 0 Å². The quantitative estimate of drug-likeness (QED) is 0.615. The fraction of sp³-hybridized carbons (Fsp3) is 0.800. The first-order valence-corrected chi connectivity index (χ1v) is 7.70. The van der Waals surface area contributed by atoms with Crippen LogP contribution in [0.2, 0.25) is 0 Å². The topological polar surface area (TPSA) is 61.0 Å². The molecule has 4 aliphatic rings. The second-order valence-electron chi connectivity index (χ2n) is 7.37. The van der Waals surface area contributed by atoms with Gasteiger partial charge in [-0.3, -0.25) is 0 Å². The van der Waals surface area contributed by atoms with E-state index in [2.05, 4.69) is 5.10 Å². The number of rotatable bonds is 2. The van der Waals surface area contributed by atoms with Gasteiger partial charge in [0.15, 0.2) is 5.69 Å². The zero-order chi connectivity index (χ0) is 14.1. The Balaban J connectivity index is 1.83. The highest BCUT2D eigenvalue weighted by atomic mass is 16.7. The van der Waals surface area contributed by atoms with Gasteiger partial charge in [-0.1, -0.05) is 0 Å². The van der Waals surface area contributed by atoms with Crippen molar-refractivity contribution in [1.29, 1.82) is 0 Å². The number of nitrogens with zero attached hydrogens (tertiary/aromatic N) is 3. The highest BCUT2D eigenvalue weighted by Gasteiger charge is 2.54. The summed E-state index contributed by atoms with van der Waals surface area (Å²) >= 11 is 0. The lowest BCUT2D eigenvalue weighted by Crippen LogP contribution is -2.49. The van der Waals surface area contributed by atoms with Gasteiger partial charge in [0, 0.05) is 27.8 Å². The second kappa shape index (κ2) is 3.83. The van der Waals surface area contributed by atoms with Crippen molar-refractivity contribution >= 4 is 0 Å². The van der Waals surface area contributed by atoms with Crippen LogP contribution in [0.4, 0.5) is 0 Å². The Morgan fingerprint density at radius 2 is 1.65 bits per heavy atom. The molecular formula is C15H21N3O2. The Morgan fingerprint density at radius 1 is 1.15 bits per heavy atom. The molecular weight excluding hydrogens is 254 g/mol. The summed E-state index contributed by atoms with van der Waals surface area (Å²) in [6, 6.07) is 0. The molecule has 0 saturated heterocycles. The summed E-state index contributed by atoms with van der Waals surface area (Å²) in [7, 11) is 0. The summed E-state index contributed by atoms with van der Waals surface area (Å²) in [5.74, 6) is 2.54. The molecule has 4 saturated carbocycles. The molecule has 5 nitrogen and oxygen atoms in total. The Kier molecular flexibility index (Phi) is 2.37. The number of nitro groups is 1. The zero-order valence-corrected chi connectivity index (χ0v) is 12.1. The summed E-state index contributed by atoms with van der Waals surface area (Å²) in [5.41, 5.74) is 3.03. The fourth-order valence-electron chi connectivity index (χ4n) is 5.97. The van der Waals surface area contributed by atoms with Gasteiger partial charge < -0.3 is 10.1 Å². The molecule has 0 radical (unpaired) electrons. The van der Waals surface area contributed by atoms with Gasteiger partial charge in [-0.25, -0.2) is 0 Å². The molecule has 4 aliphatic carbocycles. The maximum Gasteiger partial charge on any atom is 0.181 e. The SMILES string of the molecule is Cc1nn([N+](=O)[O-])c(C)c1C12CC3CC(CC(C3)C1)C2. The third kappa shape index (κ3) is 1.52. The third-order valence-electron chi connectivity index (χ3n) is 5.99. The lowest BCUT2D eigenvalue weighted by Gasteiger charge is -2.56. The molecule has 20 heavy (non-hydrogen) atoms. The number of hydrogen-bond acceptors (Lipinski definition) is 3. The summed E-state index contributed by atoms with van der Waals surface area (Å²) in [4.78, 5) is 12.1. The van der Waals surface area contributed by atoms with Crippen LogP contribution in [0.25, 0.3) is 0 Å². The highest BCUT2D eigenvalue weighted by molar-refractivity contribution is 5.36. The standard InChI is InChI=1S/C15H21N3O2/c1-9-14(10(2)17(16-9)18(19)20)15-6-11-3-12(7-15)5-13(4-11)8-15/h11-13H,3-8H2,1-2H3. The smallest absolute Gasteiger partial charge is 0.181 e. The molecule has 0 N–H and O–H groups in total. The van der Waals surface area contributed by atoms with Gasteiger partial charge >= 0.3 is 0 Å². The van der Waals surface area contributed by atoms with Crippen molar-refractivity contribution in [3.63, 3.8) is 0 Å². The molecule has 5 heteroatoms. The van der Waals surface area contributed by atoms with Gasteiger partial charge in [0.2, 0.25) is 0 Å². The van der Waals surface area contributed by atoms with E-state index in [1.165, 1.54) is 44.1 Å². The van der Waals surface area contributed by atoms with Crippen LogP contribution in [0, 0.1) is 41.7 Å². The minimum atomic E-state index is -0.396. The minimum Gasteiger partial charge on any atom is -0.339 e. The van der Waals surface area contributed by atoms with Crippen LogP contribution in [0.3, 0.4) is 0 Å². The summed E-state index contributed by atoms with van der Waals surface area (Å²) < 4.78 is 0.